The molecule has 0 fully saturated rings. The number of nitrogens with zero attached hydrogens (tertiary/aromatic N) is 2. The molecule has 0 spiro atoms. The quantitative estimate of drug-likeness (QED) is 0.365. The number of thiazole rings is 1. The van der Waals surface area contributed by atoms with Gasteiger partial charge in [-0.1, -0.05) is 6.92 Å². The molecule has 0 aliphatic heterocycles. The van der Waals surface area contributed by atoms with Crippen molar-refractivity contribution in [2.24, 2.45) is 4.99 Å². The number of alkyl carbamates (subject to hydrolysis) is 1. The SMILES string of the molecule is CCNC(=NCCc1nc(CC)c(C)s1)NCCNC(=O)OC(C)(C)C. The summed E-state index contributed by atoms with van der Waals surface area (Å²) in [7, 11) is 0. The molecule has 0 unspecified atom stereocenters. The normalized spacial score (nSPS) is 12.0. The van der Waals surface area contributed by atoms with Crippen LogP contribution in [0, 0.1) is 6.92 Å². The highest BCUT2D eigenvalue weighted by atomic mass is 32.1. The summed E-state index contributed by atoms with van der Waals surface area (Å²) in [6.45, 7) is 14.3. The van der Waals surface area contributed by atoms with Crippen molar-refractivity contribution in [3.8, 4) is 0 Å². The molecule has 1 heterocycles. The van der Waals surface area contributed by atoms with Crippen LogP contribution in [0.1, 0.15) is 50.2 Å². The van der Waals surface area contributed by atoms with E-state index in [9.17, 15) is 4.79 Å². The molecule has 0 saturated carbocycles. The van der Waals surface area contributed by atoms with Gasteiger partial charge in [-0.05, 0) is 41.0 Å². The van der Waals surface area contributed by atoms with Crippen molar-refractivity contribution in [3.05, 3.63) is 15.6 Å². The minimum absolute atomic E-state index is 0.410. The van der Waals surface area contributed by atoms with Crippen LogP contribution in [-0.2, 0) is 17.6 Å². The van der Waals surface area contributed by atoms with Gasteiger partial charge in [-0.25, -0.2) is 9.78 Å². The van der Waals surface area contributed by atoms with Crippen molar-refractivity contribution in [2.45, 2.75) is 60.0 Å². The number of carbonyl (C=O) groups is 1. The largest absolute Gasteiger partial charge is 0.444 e. The fourth-order valence-corrected chi connectivity index (χ4v) is 3.20. The van der Waals surface area contributed by atoms with Crippen molar-refractivity contribution in [1.29, 1.82) is 0 Å². The highest BCUT2D eigenvalue weighted by Crippen LogP contribution is 2.18. The number of ether oxygens (including phenoxy) is 1. The first-order valence-corrected chi connectivity index (χ1v) is 10.0. The fraction of sp³-hybridized carbons (Fsp3) is 0.722. The summed E-state index contributed by atoms with van der Waals surface area (Å²) < 4.78 is 5.20. The summed E-state index contributed by atoms with van der Waals surface area (Å²) in [4.78, 5) is 22.1. The maximum absolute atomic E-state index is 11.6. The van der Waals surface area contributed by atoms with Gasteiger partial charge < -0.3 is 20.7 Å². The van der Waals surface area contributed by atoms with Gasteiger partial charge in [0.2, 0.25) is 0 Å². The van der Waals surface area contributed by atoms with Crippen LogP contribution < -0.4 is 16.0 Å². The Bertz CT molecular complexity index is 593. The maximum atomic E-state index is 11.6. The van der Waals surface area contributed by atoms with Gasteiger partial charge >= 0.3 is 6.09 Å². The molecular weight excluding hydrogens is 350 g/mol. The van der Waals surface area contributed by atoms with Crippen molar-refractivity contribution < 1.29 is 9.53 Å². The zero-order valence-corrected chi connectivity index (χ0v) is 17.7. The molecule has 1 aromatic heterocycles. The van der Waals surface area contributed by atoms with Crippen LogP contribution >= 0.6 is 11.3 Å². The Kier molecular flexibility index (Phi) is 9.40. The molecule has 0 aliphatic carbocycles. The second kappa shape index (κ2) is 11.0. The van der Waals surface area contributed by atoms with Gasteiger partial charge in [0.05, 0.1) is 10.7 Å². The molecular formula is C18H33N5O2S. The second-order valence-electron chi connectivity index (χ2n) is 6.83. The van der Waals surface area contributed by atoms with Crippen molar-refractivity contribution in [2.75, 3.05) is 26.2 Å². The molecule has 7 nitrogen and oxygen atoms in total. The third-order valence-corrected chi connectivity index (χ3v) is 4.37. The summed E-state index contributed by atoms with van der Waals surface area (Å²) >= 11 is 1.75. The summed E-state index contributed by atoms with van der Waals surface area (Å²) in [6, 6.07) is 0. The molecule has 0 atom stereocenters. The summed E-state index contributed by atoms with van der Waals surface area (Å²) in [5.41, 5.74) is 0.701. The van der Waals surface area contributed by atoms with Gasteiger partial charge in [-0.2, -0.15) is 0 Å². The molecule has 26 heavy (non-hydrogen) atoms. The van der Waals surface area contributed by atoms with E-state index in [1.165, 1.54) is 10.6 Å². The Morgan fingerprint density at radius 3 is 2.46 bits per heavy atom. The lowest BCUT2D eigenvalue weighted by molar-refractivity contribution is 0.0529. The number of guanidine groups is 1. The van der Waals surface area contributed by atoms with Crippen LogP contribution in [0.2, 0.25) is 0 Å². The van der Waals surface area contributed by atoms with Gasteiger partial charge in [0.1, 0.15) is 5.60 Å². The smallest absolute Gasteiger partial charge is 0.407 e. The molecule has 148 valence electrons. The Labute approximate surface area is 161 Å². The van der Waals surface area contributed by atoms with Crippen molar-refractivity contribution in [1.82, 2.24) is 20.9 Å². The van der Waals surface area contributed by atoms with Gasteiger partial charge in [-0.15, -0.1) is 11.3 Å². The maximum Gasteiger partial charge on any atom is 0.407 e. The zero-order chi connectivity index (χ0) is 19.6. The second-order valence-corrected chi connectivity index (χ2v) is 8.12. The predicted octanol–water partition coefficient (Wildman–Crippen LogP) is 2.64. The zero-order valence-electron chi connectivity index (χ0n) is 16.9. The molecule has 8 heteroatoms. The van der Waals surface area contributed by atoms with E-state index < -0.39 is 11.7 Å². The average molecular weight is 384 g/mol. The van der Waals surface area contributed by atoms with E-state index in [0.29, 0.717) is 19.6 Å². The third kappa shape index (κ3) is 9.03. The number of carbonyl (C=O) groups excluding carboxylic acids is 1. The molecule has 0 aliphatic rings. The van der Waals surface area contributed by atoms with Crippen LogP contribution in [-0.4, -0.2) is 48.8 Å². The molecule has 1 aromatic rings. The van der Waals surface area contributed by atoms with Gasteiger partial charge in [0.15, 0.2) is 5.96 Å². The number of aromatic nitrogens is 1. The highest BCUT2D eigenvalue weighted by Gasteiger charge is 2.15. The van der Waals surface area contributed by atoms with E-state index in [1.807, 2.05) is 27.7 Å². The van der Waals surface area contributed by atoms with E-state index in [4.69, 9.17) is 4.74 Å². The van der Waals surface area contributed by atoms with Crippen LogP contribution in [0.3, 0.4) is 0 Å². The monoisotopic (exact) mass is 383 g/mol. The number of hydrogen-bond donors (Lipinski definition) is 3. The Morgan fingerprint density at radius 2 is 1.88 bits per heavy atom. The number of nitrogens with one attached hydrogen (secondary N) is 3. The minimum atomic E-state index is -0.486. The standard InChI is InChI=1S/C18H33N5O2S/c1-7-14-13(3)26-15(23-14)9-10-20-16(19-8-2)21-11-12-22-17(24)25-18(4,5)6/h7-12H2,1-6H3,(H,22,24)(H2,19,20,21). The predicted molar refractivity (Wildman–Crippen MR) is 108 cm³/mol. The molecule has 1 rings (SSSR count). The van der Waals surface area contributed by atoms with Gasteiger partial charge in [0.25, 0.3) is 0 Å². The lowest BCUT2D eigenvalue weighted by atomic mass is 10.2. The van der Waals surface area contributed by atoms with E-state index >= 15 is 0 Å². The number of hydrogen-bond acceptors (Lipinski definition) is 5. The van der Waals surface area contributed by atoms with Crippen molar-refractivity contribution in [3.63, 3.8) is 0 Å². The van der Waals surface area contributed by atoms with E-state index in [-0.39, 0.29) is 0 Å². The average Bonchev–Trinajstić information content (AvgIpc) is 2.89. The Morgan fingerprint density at radius 1 is 1.19 bits per heavy atom. The molecule has 3 N–H and O–H groups in total. The number of aliphatic imine (C=N–C) groups is 1. The number of amides is 1. The van der Waals surface area contributed by atoms with Crippen LogP contribution in [0.5, 0.6) is 0 Å². The van der Waals surface area contributed by atoms with Gasteiger partial charge in [-0.3, -0.25) is 4.99 Å². The first-order valence-electron chi connectivity index (χ1n) is 9.19. The number of aryl methyl sites for hydroxylation is 2. The lowest BCUT2D eigenvalue weighted by Gasteiger charge is -2.19. The molecule has 0 bridgehead atoms. The fourth-order valence-electron chi connectivity index (χ4n) is 2.19. The first kappa shape index (κ1) is 22.2. The lowest BCUT2D eigenvalue weighted by Crippen LogP contribution is -2.42. The molecule has 0 aromatic carbocycles. The van der Waals surface area contributed by atoms with Crippen LogP contribution in [0.25, 0.3) is 0 Å². The first-order chi connectivity index (χ1) is 12.2. The highest BCUT2D eigenvalue weighted by molar-refractivity contribution is 7.11. The Balaban J connectivity index is 2.37. The van der Waals surface area contributed by atoms with Crippen molar-refractivity contribution >= 4 is 23.4 Å². The Hall–Kier alpha value is -1.83. The van der Waals surface area contributed by atoms with E-state index in [2.05, 4.69) is 39.8 Å². The summed E-state index contributed by atoms with van der Waals surface area (Å²) in [5.74, 6) is 0.738. The van der Waals surface area contributed by atoms with Gasteiger partial charge in [0, 0.05) is 37.5 Å². The number of rotatable bonds is 8. The van der Waals surface area contributed by atoms with E-state index in [0.717, 1.165) is 30.4 Å². The van der Waals surface area contributed by atoms with Crippen LogP contribution in [0.4, 0.5) is 4.79 Å². The van der Waals surface area contributed by atoms with E-state index in [1.54, 1.807) is 11.3 Å². The topological polar surface area (TPSA) is 87.6 Å². The molecule has 0 radical (unpaired) electrons. The third-order valence-electron chi connectivity index (χ3n) is 3.30. The molecule has 0 saturated heterocycles. The summed E-state index contributed by atoms with van der Waals surface area (Å²) in [5, 5.41) is 10.3. The minimum Gasteiger partial charge on any atom is -0.444 e. The summed E-state index contributed by atoms with van der Waals surface area (Å²) in [6.07, 6.45) is 1.39. The molecule has 1 amide bonds. The van der Waals surface area contributed by atoms with Crippen LogP contribution in [0.15, 0.2) is 4.99 Å².